The Labute approximate surface area is 248 Å². The van der Waals surface area contributed by atoms with Crippen LogP contribution in [0.2, 0.25) is 5.02 Å². The van der Waals surface area contributed by atoms with Crippen molar-refractivity contribution >= 4 is 63.7 Å². The molecule has 2 saturated heterocycles. The molecule has 1 aromatic carbocycles. The molecule has 4 rings (SSSR count). The van der Waals surface area contributed by atoms with Crippen molar-refractivity contribution in [3.8, 4) is 6.07 Å². The highest BCUT2D eigenvalue weighted by Crippen LogP contribution is 2.38. The molecule has 3 heterocycles. The first-order valence-corrected chi connectivity index (χ1v) is 14.9. The number of rotatable bonds is 8. The number of thioether (sulfide) groups is 1. The third kappa shape index (κ3) is 5.97. The van der Waals surface area contributed by atoms with Gasteiger partial charge < -0.3 is 9.64 Å². The average Bonchev–Trinajstić information content (AvgIpc) is 3.20. The van der Waals surface area contributed by atoms with Crippen LogP contribution in [0.25, 0.3) is 6.08 Å². The van der Waals surface area contributed by atoms with Crippen LogP contribution in [-0.4, -0.2) is 45.4 Å². The maximum Gasteiger partial charge on any atom is 0.309 e. The van der Waals surface area contributed by atoms with Gasteiger partial charge in [0.1, 0.15) is 21.8 Å². The molecule has 2 aliphatic heterocycles. The molecule has 0 radical (unpaired) electrons. The minimum atomic E-state index is -0.354. The van der Waals surface area contributed by atoms with E-state index in [0.717, 1.165) is 5.56 Å². The predicted molar refractivity (Wildman–Crippen MR) is 162 cm³/mol. The molecule has 2 aromatic rings. The Kier molecular flexibility index (Phi) is 9.72. The summed E-state index contributed by atoms with van der Waals surface area (Å²) in [5, 5.41) is 10.4. The summed E-state index contributed by atoms with van der Waals surface area (Å²) in [6.45, 7) is 7.56. The number of esters is 1. The number of pyridine rings is 1. The second kappa shape index (κ2) is 13.0. The summed E-state index contributed by atoms with van der Waals surface area (Å²) in [5.74, 6) is -0.00636. The Hall–Kier alpha value is -3.13. The van der Waals surface area contributed by atoms with Gasteiger partial charge in [0.2, 0.25) is 0 Å². The molecule has 0 spiro atoms. The smallest absolute Gasteiger partial charge is 0.309 e. The fourth-order valence-electron chi connectivity index (χ4n) is 5.07. The molecule has 1 aromatic heterocycles. The molecule has 0 N–H and O–H groups in total. The lowest BCUT2D eigenvalue weighted by molar-refractivity contribution is -0.148. The van der Waals surface area contributed by atoms with Crippen molar-refractivity contribution in [3.05, 3.63) is 66.8 Å². The number of hydrogen-bond acceptors (Lipinski definition) is 8. The number of carbonyl (C=O) groups excluding carboxylic acids is 2. The molecule has 0 atom stereocenters. The zero-order valence-electron chi connectivity index (χ0n) is 22.7. The summed E-state index contributed by atoms with van der Waals surface area (Å²) >= 11 is 13.1. The standard InChI is InChI=1S/C29H31ClN4O4S2/c1-4-12-33-25(32-13-10-19(11-14-32)28(37)38-5-2)21(18(3)22(16-31)26(33)35)15-24-27(36)34(29(39)40-24)17-20-8-6-7-9-23(20)30/h6-9,15,19H,4-5,10-14,17H2,1-3H3. The van der Waals surface area contributed by atoms with Crippen molar-refractivity contribution in [2.45, 2.75) is 53.1 Å². The lowest BCUT2D eigenvalue weighted by Gasteiger charge is -2.35. The van der Waals surface area contributed by atoms with Crippen LogP contribution in [0.3, 0.4) is 0 Å². The van der Waals surface area contributed by atoms with E-state index in [1.807, 2.05) is 25.1 Å². The topological polar surface area (TPSA) is 95.6 Å². The zero-order valence-corrected chi connectivity index (χ0v) is 25.1. The van der Waals surface area contributed by atoms with Crippen LogP contribution in [-0.2, 0) is 27.4 Å². The fourth-order valence-corrected chi connectivity index (χ4v) is 6.50. The highest BCUT2D eigenvalue weighted by molar-refractivity contribution is 8.26. The van der Waals surface area contributed by atoms with E-state index in [2.05, 4.69) is 11.0 Å². The summed E-state index contributed by atoms with van der Waals surface area (Å²) in [5.41, 5.74) is 1.63. The van der Waals surface area contributed by atoms with Gasteiger partial charge in [0.15, 0.2) is 0 Å². The summed E-state index contributed by atoms with van der Waals surface area (Å²) in [4.78, 5) is 43.3. The van der Waals surface area contributed by atoms with Gasteiger partial charge in [-0.3, -0.25) is 23.9 Å². The van der Waals surface area contributed by atoms with Crippen LogP contribution in [0.1, 0.15) is 55.4 Å². The van der Waals surface area contributed by atoms with Crippen molar-refractivity contribution in [2.24, 2.45) is 5.92 Å². The third-order valence-corrected chi connectivity index (χ3v) is 8.89. The summed E-state index contributed by atoms with van der Waals surface area (Å²) in [7, 11) is 0. The highest BCUT2D eigenvalue weighted by Gasteiger charge is 2.34. The van der Waals surface area contributed by atoms with Crippen molar-refractivity contribution in [3.63, 3.8) is 0 Å². The molecule has 1 amide bonds. The second-order valence-electron chi connectivity index (χ2n) is 9.68. The van der Waals surface area contributed by atoms with Gasteiger partial charge in [-0.2, -0.15) is 5.26 Å². The monoisotopic (exact) mass is 598 g/mol. The minimum Gasteiger partial charge on any atom is -0.466 e. The van der Waals surface area contributed by atoms with E-state index in [0.29, 0.717) is 76.7 Å². The highest BCUT2D eigenvalue weighted by atomic mass is 35.5. The number of halogens is 1. The molecule has 0 saturated carbocycles. The van der Waals surface area contributed by atoms with Crippen LogP contribution < -0.4 is 10.5 Å². The molecular formula is C29H31ClN4O4S2. The molecule has 40 heavy (non-hydrogen) atoms. The quantitative estimate of drug-likeness (QED) is 0.230. The van der Waals surface area contributed by atoms with Gasteiger partial charge in [-0.1, -0.05) is 60.7 Å². The first-order chi connectivity index (χ1) is 19.2. The summed E-state index contributed by atoms with van der Waals surface area (Å²) in [6.07, 6.45) is 3.59. The number of aromatic nitrogens is 1. The van der Waals surface area contributed by atoms with E-state index in [1.165, 1.54) is 16.7 Å². The fraction of sp³-hybridized carbons (Fsp3) is 0.414. The minimum absolute atomic E-state index is 0.0522. The molecule has 0 aliphatic carbocycles. The molecule has 0 bridgehead atoms. The lowest BCUT2D eigenvalue weighted by Crippen LogP contribution is -2.41. The van der Waals surface area contributed by atoms with Crippen LogP contribution in [0.15, 0.2) is 34.0 Å². The largest absolute Gasteiger partial charge is 0.466 e. The Balaban J connectivity index is 1.76. The number of piperidine rings is 1. The molecule has 11 heteroatoms. The van der Waals surface area contributed by atoms with Gasteiger partial charge in [0, 0.05) is 30.2 Å². The van der Waals surface area contributed by atoms with E-state index < -0.39 is 0 Å². The average molecular weight is 599 g/mol. The normalized spacial score (nSPS) is 17.0. The predicted octanol–water partition coefficient (Wildman–Crippen LogP) is 5.27. The first-order valence-electron chi connectivity index (χ1n) is 13.3. The van der Waals surface area contributed by atoms with Gasteiger partial charge in [-0.05, 0) is 56.4 Å². The number of nitrogens with zero attached hydrogens (tertiary/aromatic N) is 4. The van der Waals surface area contributed by atoms with Gasteiger partial charge in [-0.25, -0.2) is 0 Å². The zero-order chi connectivity index (χ0) is 29.0. The molecular weight excluding hydrogens is 568 g/mol. The maximum atomic E-state index is 13.6. The van der Waals surface area contributed by atoms with Crippen LogP contribution in [0.5, 0.6) is 0 Å². The van der Waals surface area contributed by atoms with E-state index >= 15 is 0 Å². The van der Waals surface area contributed by atoms with E-state index in [-0.39, 0.29) is 35.5 Å². The number of nitriles is 1. The van der Waals surface area contributed by atoms with Crippen molar-refractivity contribution in [2.75, 3.05) is 24.6 Å². The number of benzene rings is 1. The summed E-state index contributed by atoms with van der Waals surface area (Å²) in [6, 6.07) is 9.38. The molecule has 2 aliphatic rings. The lowest BCUT2D eigenvalue weighted by atomic mass is 9.95. The molecule has 0 unspecified atom stereocenters. The van der Waals surface area contributed by atoms with Crippen LogP contribution >= 0.6 is 35.6 Å². The van der Waals surface area contributed by atoms with Gasteiger partial charge in [0.25, 0.3) is 11.5 Å². The van der Waals surface area contributed by atoms with E-state index in [1.54, 1.807) is 30.6 Å². The number of anilines is 1. The van der Waals surface area contributed by atoms with E-state index in [4.69, 9.17) is 28.6 Å². The third-order valence-electron chi connectivity index (χ3n) is 7.14. The number of thiocarbonyl (C=S) groups is 1. The maximum absolute atomic E-state index is 13.6. The second-order valence-corrected chi connectivity index (χ2v) is 11.8. The Bertz CT molecular complexity index is 1470. The molecule has 210 valence electrons. The van der Waals surface area contributed by atoms with Crippen LogP contribution in [0.4, 0.5) is 5.82 Å². The molecule has 8 nitrogen and oxygen atoms in total. The Morgan fingerprint density at radius 1 is 1.25 bits per heavy atom. The first kappa shape index (κ1) is 29.8. The van der Waals surface area contributed by atoms with Crippen LogP contribution in [0, 0.1) is 24.2 Å². The van der Waals surface area contributed by atoms with Gasteiger partial charge >= 0.3 is 5.97 Å². The van der Waals surface area contributed by atoms with Gasteiger partial charge in [0.05, 0.1) is 24.0 Å². The van der Waals surface area contributed by atoms with Crippen molar-refractivity contribution < 1.29 is 14.3 Å². The summed E-state index contributed by atoms with van der Waals surface area (Å²) < 4.78 is 7.27. The van der Waals surface area contributed by atoms with Gasteiger partial charge in [-0.15, -0.1) is 0 Å². The number of hydrogen-bond donors (Lipinski definition) is 0. The van der Waals surface area contributed by atoms with Crippen molar-refractivity contribution in [1.82, 2.24) is 9.47 Å². The number of amides is 1. The number of ether oxygens (including phenoxy) is 1. The van der Waals surface area contributed by atoms with Crippen molar-refractivity contribution in [1.29, 1.82) is 5.26 Å². The van der Waals surface area contributed by atoms with E-state index in [9.17, 15) is 19.6 Å². The molecule has 2 fully saturated rings. The Morgan fingerprint density at radius 3 is 2.58 bits per heavy atom. The number of carbonyl (C=O) groups is 2. The SMILES string of the molecule is CCCn1c(N2CCC(C(=O)OCC)CC2)c(C=C2SC(=S)N(Cc3ccccc3Cl)C2=O)c(C)c(C#N)c1=O. The Morgan fingerprint density at radius 2 is 1.95 bits per heavy atom.